The van der Waals surface area contributed by atoms with Crippen molar-refractivity contribution in [2.24, 2.45) is 0 Å². The van der Waals surface area contributed by atoms with Crippen molar-refractivity contribution >= 4 is 23.0 Å². The highest BCUT2D eigenvalue weighted by atomic mass is 32.2. The largest absolute Gasteiger partial charge is 0.465 e. The van der Waals surface area contributed by atoms with Crippen LogP contribution in [0.1, 0.15) is 19.8 Å². The fourth-order valence-electron chi connectivity index (χ4n) is 1.44. The Labute approximate surface area is 81.3 Å². The van der Waals surface area contributed by atoms with Crippen molar-refractivity contribution in [3.8, 4) is 0 Å². The van der Waals surface area contributed by atoms with Gasteiger partial charge in [-0.25, -0.2) is 4.79 Å². The number of carbonyl (C=O) groups excluding carboxylic acids is 1. The maximum atomic E-state index is 10.8. The van der Waals surface area contributed by atoms with Crippen molar-refractivity contribution in [1.29, 1.82) is 0 Å². The molecule has 5 heteroatoms. The van der Waals surface area contributed by atoms with Crippen molar-refractivity contribution in [2.45, 2.75) is 25.0 Å². The second kappa shape index (κ2) is 4.50. The molecule has 1 amide bonds. The fourth-order valence-corrected chi connectivity index (χ4v) is 2.45. The Morgan fingerprint density at radius 3 is 2.77 bits per heavy atom. The van der Waals surface area contributed by atoms with Gasteiger partial charge in [-0.05, 0) is 12.8 Å². The number of hydrogen-bond donors (Lipinski definition) is 1. The zero-order valence-corrected chi connectivity index (χ0v) is 8.34. The van der Waals surface area contributed by atoms with E-state index >= 15 is 0 Å². The minimum absolute atomic E-state index is 0.0669. The van der Waals surface area contributed by atoms with Gasteiger partial charge in [0.05, 0.1) is 0 Å². The summed E-state index contributed by atoms with van der Waals surface area (Å²) in [6, 6.07) is 0. The summed E-state index contributed by atoms with van der Waals surface area (Å²) in [5.74, 6) is 0. The van der Waals surface area contributed by atoms with Crippen molar-refractivity contribution in [3.05, 3.63) is 0 Å². The van der Waals surface area contributed by atoms with Crippen molar-refractivity contribution in [1.82, 2.24) is 4.90 Å². The van der Waals surface area contributed by atoms with E-state index in [0.29, 0.717) is 13.1 Å². The van der Waals surface area contributed by atoms with Crippen LogP contribution in [0.15, 0.2) is 0 Å². The molecule has 0 aromatic heterocycles. The molecule has 1 aliphatic heterocycles. The van der Waals surface area contributed by atoms with Gasteiger partial charge >= 0.3 is 6.09 Å². The van der Waals surface area contributed by atoms with E-state index in [1.165, 1.54) is 23.6 Å². The molecular weight excluding hydrogens is 190 g/mol. The Hall–Kier alpha value is -0.710. The molecule has 1 fully saturated rings. The Kier molecular flexibility index (Phi) is 3.59. The maximum absolute atomic E-state index is 10.8. The molecule has 0 aromatic carbocycles. The highest BCUT2D eigenvalue weighted by Crippen LogP contribution is 2.22. The zero-order valence-electron chi connectivity index (χ0n) is 7.52. The van der Waals surface area contributed by atoms with Gasteiger partial charge in [-0.3, -0.25) is 4.79 Å². The van der Waals surface area contributed by atoms with E-state index in [1.54, 1.807) is 0 Å². The second-order valence-corrected chi connectivity index (χ2v) is 4.58. The number of hydrogen-bond acceptors (Lipinski definition) is 3. The van der Waals surface area contributed by atoms with Crippen LogP contribution in [-0.2, 0) is 4.79 Å². The molecule has 0 aliphatic carbocycles. The summed E-state index contributed by atoms with van der Waals surface area (Å²) in [5, 5.41) is 8.94. The first-order valence-electron chi connectivity index (χ1n) is 4.24. The normalized spacial score (nSPS) is 22.8. The van der Waals surface area contributed by atoms with E-state index in [1.807, 2.05) is 0 Å². The molecule has 1 heterocycles. The third-order valence-electron chi connectivity index (χ3n) is 1.98. The Bertz CT molecular complexity index is 219. The summed E-state index contributed by atoms with van der Waals surface area (Å²) in [6.45, 7) is 2.61. The summed E-state index contributed by atoms with van der Waals surface area (Å²) < 4.78 is 0. The van der Waals surface area contributed by atoms with Crippen LogP contribution in [-0.4, -0.2) is 39.6 Å². The summed E-state index contributed by atoms with van der Waals surface area (Å²) in [4.78, 5) is 22.8. The molecule has 0 unspecified atom stereocenters. The highest BCUT2D eigenvalue weighted by molar-refractivity contribution is 8.14. The molecule has 0 spiro atoms. The molecule has 1 atom stereocenters. The molecule has 0 bridgehead atoms. The number of amides is 1. The fraction of sp³-hybridized carbons (Fsp3) is 0.750. The first-order chi connectivity index (χ1) is 6.09. The second-order valence-electron chi connectivity index (χ2n) is 3.10. The average Bonchev–Trinajstić information content (AvgIpc) is 2.03. The predicted molar refractivity (Wildman–Crippen MR) is 50.9 cm³/mol. The lowest BCUT2D eigenvalue weighted by molar-refractivity contribution is -0.109. The van der Waals surface area contributed by atoms with Crippen LogP contribution in [0.5, 0.6) is 0 Å². The van der Waals surface area contributed by atoms with Crippen molar-refractivity contribution in [3.63, 3.8) is 0 Å². The topological polar surface area (TPSA) is 57.6 Å². The quantitative estimate of drug-likeness (QED) is 0.700. The third-order valence-corrected chi connectivity index (χ3v) is 3.03. The average molecular weight is 203 g/mol. The van der Waals surface area contributed by atoms with Gasteiger partial charge in [-0.15, -0.1) is 0 Å². The van der Waals surface area contributed by atoms with Crippen LogP contribution >= 0.6 is 11.8 Å². The van der Waals surface area contributed by atoms with Crippen LogP contribution in [0, 0.1) is 0 Å². The van der Waals surface area contributed by atoms with E-state index in [-0.39, 0.29) is 10.4 Å². The number of rotatable bonds is 1. The van der Waals surface area contributed by atoms with E-state index in [2.05, 4.69) is 0 Å². The molecule has 0 aromatic rings. The molecule has 13 heavy (non-hydrogen) atoms. The van der Waals surface area contributed by atoms with Gasteiger partial charge in [0.2, 0.25) is 0 Å². The van der Waals surface area contributed by atoms with Gasteiger partial charge in [0.25, 0.3) is 0 Å². The number of thioether (sulfide) groups is 1. The van der Waals surface area contributed by atoms with Crippen molar-refractivity contribution < 1.29 is 14.7 Å². The molecule has 1 saturated heterocycles. The summed E-state index contributed by atoms with van der Waals surface area (Å²) in [6.07, 6.45) is 0.916. The lowest BCUT2D eigenvalue weighted by Gasteiger charge is -2.29. The number of carboxylic acid groups (broad SMARTS) is 1. The minimum atomic E-state index is -0.881. The maximum Gasteiger partial charge on any atom is 0.407 e. The Morgan fingerprint density at radius 1 is 1.54 bits per heavy atom. The number of nitrogens with zero attached hydrogens (tertiary/aromatic N) is 1. The van der Waals surface area contributed by atoms with Crippen LogP contribution in [0.3, 0.4) is 0 Å². The molecule has 1 aliphatic rings. The molecule has 74 valence electrons. The third kappa shape index (κ3) is 3.26. The van der Waals surface area contributed by atoms with Gasteiger partial charge in [-0.2, -0.15) is 0 Å². The smallest absolute Gasteiger partial charge is 0.407 e. The Balaban J connectivity index is 2.41. The van der Waals surface area contributed by atoms with Crippen LogP contribution in [0.2, 0.25) is 0 Å². The van der Waals surface area contributed by atoms with E-state index in [9.17, 15) is 9.59 Å². The first kappa shape index (κ1) is 10.4. The number of piperidine rings is 1. The molecule has 1 N–H and O–H groups in total. The van der Waals surface area contributed by atoms with E-state index in [0.717, 1.165) is 12.8 Å². The summed E-state index contributed by atoms with van der Waals surface area (Å²) in [5.41, 5.74) is 0. The van der Waals surface area contributed by atoms with E-state index < -0.39 is 6.09 Å². The lowest BCUT2D eigenvalue weighted by Crippen LogP contribution is -2.40. The standard InChI is InChI=1S/C8H13NO3S/c1-6(10)13-7-3-2-4-9(5-7)8(11)12/h7H,2-5H2,1H3,(H,11,12)/t7-/m1/s1. The molecule has 0 radical (unpaired) electrons. The van der Waals surface area contributed by atoms with Gasteiger partial charge < -0.3 is 10.0 Å². The first-order valence-corrected chi connectivity index (χ1v) is 5.12. The monoisotopic (exact) mass is 203 g/mol. The number of likely N-dealkylation sites (tertiary alicyclic amines) is 1. The summed E-state index contributed by atoms with van der Waals surface area (Å²) in [7, 11) is 0. The highest BCUT2D eigenvalue weighted by Gasteiger charge is 2.24. The zero-order chi connectivity index (χ0) is 9.84. The van der Waals surface area contributed by atoms with Crippen LogP contribution in [0.4, 0.5) is 4.79 Å². The lowest BCUT2D eigenvalue weighted by atomic mass is 10.1. The van der Waals surface area contributed by atoms with Crippen molar-refractivity contribution in [2.75, 3.05) is 13.1 Å². The predicted octanol–water partition coefficient (Wildman–Crippen LogP) is 1.41. The van der Waals surface area contributed by atoms with Gasteiger partial charge in [0.15, 0.2) is 5.12 Å². The molecule has 0 saturated carbocycles. The molecular formula is C8H13NO3S. The minimum Gasteiger partial charge on any atom is -0.465 e. The SMILES string of the molecule is CC(=O)S[C@@H]1CCCN(C(=O)O)C1. The van der Waals surface area contributed by atoms with Gasteiger partial charge in [0.1, 0.15) is 0 Å². The summed E-state index contributed by atoms with van der Waals surface area (Å²) >= 11 is 1.25. The van der Waals surface area contributed by atoms with E-state index in [4.69, 9.17) is 5.11 Å². The number of carbonyl (C=O) groups is 2. The molecule has 1 rings (SSSR count). The van der Waals surface area contributed by atoms with Gasteiger partial charge in [0, 0.05) is 25.3 Å². The molecule has 4 nitrogen and oxygen atoms in total. The van der Waals surface area contributed by atoms with Gasteiger partial charge in [-0.1, -0.05) is 11.8 Å². The van der Waals surface area contributed by atoms with Crippen LogP contribution < -0.4 is 0 Å². The Morgan fingerprint density at radius 2 is 2.23 bits per heavy atom. The van der Waals surface area contributed by atoms with Crippen LogP contribution in [0.25, 0.3) is 0 Å².